The molecule has 0 spiro atoms. The fourth-order valence-corrected chi connectivity index (χ4v) is 3.60. The summed E-state index contributed by atoms with van der Waals surface area (Å²) in [5.41, 5.74) is 0.806. The zero-order valence-electron chi connectivity index (χ0n) is 10.8. The van der Waals surface area contributed by atoms with E-state index in [2.05, 4.69) is 24.2 Å². The molecule has 0 aliphatic carbocycles. The fraction of sp³-hybridized carbons (Fsp3) is 0.417. The van der Waals surface area contributed by atoms with E-state index >= 15 is 0 Å². The number of hydrogen-bond donors (Lipinski definition) is 2. The van der Waals surface area contributed by atoms with Crippen LogP contribution >= 0.6 is 11.8 Å². The second-order valence-corrected chi connectivity index (χ2v) is 7.63. The summed E-state index contributed by atoms with van der Waals surface area (Å²) in [5.74, 6) is 0. The lowest BCUT2D eigenvalue weighted by Gasteiger charge is -2.23. The SMILES string of the molecule is CC1CC(C)SC(Nc2ccc(S(N)(=O)=O)cc2)=N1. The van der Waals surface area contributed by atoms with E-state index in [-0.39, 0.29) is 4.90 Å². The standard InChI is InChI=1S/C12H17N3O2S2/c1-8-7-9(2)18-12(14-8)15-10-3-5-11(6-4-10)19(13,16)17/h3-6,8-9H,7H2,1-2H3,(H,14,15)(H2,13,16,17). The van der Waals surface area contributed by atoms with Crippen LogP contribution in [0.4, 0.5) is 5.69 Å². The van der Waals surface area contributed by atoms with Gasteiger partial charge in [-0.2, -0.15) is 0 Å². The molecule has 3 N–H and O–H groups in total. The number of amidine groups is 1. The van der Waals surface area contributed by atoms with Gasteiger partial charge in [0.15, 0.2) is 5.17 Å². The van der Waals surface area contributed by atoms with Gasteiger partial charge in [0.05, 0.1) is 10.9 Å². The number of nitrogens with two attached hydrogens (primary N) is 1. The molecule has 2 unspecified atom stereocenters. The molecule has 1 aliphatic heterocycles. The maximum absolute atomic E-state index is 11.1. The minimum absolute atomic E-state index is 0.109. The van der Waals surface area contributed by atoms with Crippen LogP contribution in [0.25, 0.3) is 0 Å². The van der Waals surface area contributed by atoms with Crippen LogP contribution in [0.1, 0.15) is 20.3 Å². The van der Waals surface area contributed by atoms with Gasteiger partial charge >= 0.3 is 0 Å². The van der Waals surface area contributed by atoms with Crippen molar-refractivity contribution in [1.82, 2.24) is 0 Å². The number of hydrogen-bond acceptors (Lipinski definition) is 5. The highest BCUT2D eigenvalue weighted by atomic mass is 32.2. The van der Waals surface area contributed by atoms with E-state index in [0.717, 1.165) is 17.3 Å². The molecule has 1 aromatic carbocycles. The Labute approximate surface area is 117 Å². The van der Waals surface area contributed by atoms with Crippen molar-refractivity contribution in [1.29, 1.82) is 0 Å². The van der Waals surface area contributed by atoms with Crippen molar-refractivity contribution in [3.63, 3.8) is 0 Å². The molecular weight excluding hydrogens is 282 g/mol. The van der Waals surface area contributed by atoms with E-state index < -0.39 is 10.0 Å². The van der Waals surface area contributed by atoms with Gasteiger partial charge in [0.1, 0.15) is 0 Å². The Morgan fingerprint density at radius 2 is 1.95 bits per heavy atom. The zero-order chi connectivity index (χ0) is 14.0. The third-order valence-corrected chi connectivity index (χ3v) is 4.71. The van der Waals surface area contributed by atoms with Crippen molar-refractivity contribution in [2.24, 2.45) is 10.1 Å². The van der Waals surface area contributed by atoms with Gasteiger partial charge in [0.25, 0.3) is 0 Å². The summed E-state index contributed by atoms with van der Waals surface area (Å²) in [7, 11) is -3.63. The van der Waals surface area contributed by atoms with Gasteiger partial charge in [0.2, 0.25) is 10.0 Å². The van der Waals surface area contributed by atoms with Crippen molar-refractivity contribution in [3.8, 4) is 0 Å². The Morgan fingerprint density at radius 3 is 2.47 bits per heavy atom. The second-order valence-electron chi connectivity index (χ2n) is 4.64. The maximum Gasteiger partial charge on any atom is 0.238 e. The molecule has 0 saturated carbocycles. The minimum Gasteiger partial charge on any atom is -0.335 e. The quantitative estimate of drug-likeness (QED) is 0.875. The Hall–Kier alpha value is -1.05. The first-order valence-corrected chi connectivity index (χ1v) is 8.41. The predicted octanol–water partition coefficient (Wildman–Crippen LogP) is 2.02. The lowest BCUT2D eigenvalue weighted by Crippen LogP contribution is -2.22. The molecule has 104 valence electrons. The number of primary sulfonamides is 1. The summed E-state index contributed by atoms with van der Waals surface area (Å²) in [4.78, 5) is 4.63. The first-order chi connectivity index (χ1) is 8.84. The molecular formula is C12H17N3O2S2. The van der Waals surface area contributed by atoms with Crippen molar-refractivity contribution >= 4 is 32.6 Å². The summed E-state index contributed by atoms with van der Waals surface area (Å²) in [6.07, 6.45) is 1.07. The molecule has 2 rings (SSSR count). The predicted molar refractivity (Wildman–Crippen MR) is 80.0 cm³/mol. The molecule has 1 aromatic rings. The number of nitrogens with one attached hydrogen (secondary N) is 1. The third kappa shape index (κ3) is 3.95. The average molecular weight is 299 g/mol. The van der Waals surface area contributed by atoms with Gasteiger partial charge in [-0.15, -0.1) is 0 Å². The number of anilines is 1. The highest BCUT2D eigenvalue weighted by Gasteiger charge is 2.18. The van der Waals surface area contributed by atoms with Crippen LogP contribution < -0.4 is 10.5 Å². The van der Waals surface area contributed by atoms with Crippen LogP contribution in [0, 0.1) is 0 Å². The molecule has 5 nitrogen and oxygen atoms in total. The van der Waals surface area contributed by atoms with Gasteiger partial charge in [-0.1, -0.05) is 18.7 Å². The van der Waals surface area contributed by atoms with E-state index in [1.165, 1.54) is 12.1 Å². The maximum atomic E-state index is 11.1. The molecule has 0 bridgehead atoms. The van der Waals surface area contributed by atoms with Crippen molar-refractivity contribution in [3.05, 3.63) is 24.3 Å². The average Bonchev–Trinajstić information content (AvgIpc) is 2.26. The fourth-order valence-electron chi connectivity index (χ4n) is 1.92. The monoisotopic (exact) mass is 299 g/mol. The highest BCUT2D eigenvalue weighted by molar-refractivity contribution is 8.14. The number of benzene rings is 1. The summed E-state index contributed by atoms with van der Waals surface area (Å²) < 4.78 is 22.3. The normalized spacial score (nSPS) is 23.8. The van der Waals surface area contributed by atoms with Gasteiger partial charge in [-0.25, -0.2) is 13.6 Å². The van der Waals surface area contributed by atoms with E-state index in [1.54, 1.807) is 23.9 Å². The van der Waals surface area contributed by atoms with E-state index in [4.69, 9.17) is 5.14 Å². The first kappa shape index (κ1) is 14.4. The number of aliphatic imine (C=N–C) groups is 1. The third-order valence-electron chi connectivity index (χ3n) is 2.76. The molecule has 0 fully saturated rings. The zero-order valence-corrected chi connectivity index (χ0v) is 12.5. The van der Waals surface area contributed by atoms with Gasteiger partial charge in [-0.3, -0.25) is 4.99 Å². The summed E-state index contributed by atoms with van der Waals surface area (Å²) in [5, 5.41) is 9.65. The van der Waals surface area contributed by atoms with Crippen LogP contribution in [-0.2, 0) is 10.0 Å². The van der Waals surface area contributed by atoms with E-state index in [0.29, 0.717) is 11.3 Å². The van der Waals surface area contributed by atoms with Gasteiger partial charge in [0, 0.05) is 10.9 Å². The second kappa shape index (κ2) is 5.52. The van der Waals surface area contributed by atoms with E-state index in [9.17, 15) is 8.42 Å². The van der Waals surface area contributed by atoms with Crippen LogP contribution in [0.2, 0.25) is 0 Å². The van der Waals surface area contributed by atoms with E-state index in [1.807, 2.05) is 0 Å². The molecule has 0 saturated heterocycles. The number of sulfonamides is 1. The Kier molecular flexibility index (Phi) is 4.17. The van der Waals surface area contributed by atoms with Crippen molar-refractivity contribution in [2.45, 2.75) is 36.5 Å². The molecule has 1 aliphatic rings. The largest absolute Gasteiger partial charge is 0.335 e. The highest BCUT2D eigenvalue weighted by Crippen LogP contribution is 2.26. The number of rotatable bonds is 2. The summed E-state index contributed by atoms with van der Waals surface area (Å²) >= 11 is 1.69. The van der Waals surface area contributed by atoms with Crippen molar-refractivity contribution < 1.29 is 8.42 Å². The Bertz CT molecular complexity index is 581. The lowest BCUT2D eigenvalue weighted by atomic mass is 10.2. The molecule has 7 heteroatoms. The van der Waals surface area contributed by atoms with Crippen LogP contribution in [0.3, 0.4) is 0 Å². The van der Waals surface area contributed by atoms with Crippen LogP contribution in [0.15, 0.2) is 34.2 Å². The van der Waals surface area contributed by atoms with Gasteiger partial charge in [-0.05, 0) is 37.6 Å². The lowest BCUT2D eigenvalue weighted by molar-refractivity contribution is 0.598. The Morgan fingerprint density at radius 1 is 1.32 bits per heavy atom. The summed E-state index contributed by atoms with van der Waals surface area (Å²) in [6, 6.07) is 6.65. The molecule has 0 aromatic heterocycles. The molecule has 2 atom stereocenters. The summed E-state index contributed by atoms with van der Waals surface area (Å²) in [6.45, 7) is 4.25. The molecule has 19 heavy (non-hydrogen) atoms. The molecule has 1 heterocycles. The van der Waals surface area contributed by atoms with Crippen LogP contribution in [-0.4, -0.2) is 24.9 Å². The van der Waals surface area contributed by atoms with Crippen LogP contribution in [0.5, 0.6) is 0 Å². The number of thioether (sulfide) groups is 1. The number of nitrogens with zero attached hydrogens (tertiary/aromatic N) is 1. The Balaban J connectivity index is 2.12. The smallest absolute Gasteiger partial charge is 0.238 e. The molecule has 0 radical (unpaired) electrons. The minimum atomic E-state index is -3.63. The topological polar surface area (TPSA) is 84.5 Å². The van der Waals surface area contributed by atoms with Gasteiger partial charge < -0.3 is 5.32 Å². The van der Waals surface area contributed by atoms with Crippen molar-refractivity contribution in [2.75, 3.05) is 5.32 Å². The molecule has 0 amide bonds. The first-order valence-electron chi connectivity index (χ1n) is 5.99.